The molecule has 0 aromatic heterocycles. The number of aliphatic hydroxyl groups excluding tert-OH is 4. The highest BCUT2D eigenvalue weighted by molar-refractivity contribution is 5.87. The van der Waals surface area contributed by atoms with E-state index in [0.717, 1.165) is 25.7 Å². The van der Waals surface area contributed by atoms with Crippen LogP contribution < -0.4 is 0 Å². The van der Waals surface area contributed by atoms with E-state index in [2.05, 4.69) is 39.8 Å². The minimum Gasteiger partial charge on any atom is -0.462 e. The molecule has 4 unspecified atom stereocenters. The fraction of sp³-hybridized carbons (Fsp3) is 0.800. The Balaban J connectivity index is 1.55. The predicted octanol–water partition coefficient (Wildman–Crippen LogP) is 5.92. The Kier molecular flexibility index (Phi) is 9.82. The van der Waals surface area contributed by atoms with Crippen molar-refractivity contribution in [3.63, 3.8) is 0 Å². The predicted molar refractivity (Wildman–Crippen MR) is 184 cm³/mol. The minimum atomic E-state index is -1.27. The number of hydrogen-bond acceptors (Lipinski definition) is 8. The van der Waals surface area contributed by atoms with Crippen molar-refractivity contribution in [2.24, 2.45) is 56.2 Å². The Labute approximate surface area is 288 Å². The quantitative estimate of drug-likeness (QED) is 0.156. The van der Waals surface area contributed by atoms with Gasteiger partial charge in [0.1, 0.15) is 6.61 Å². The van der Waals surface area contributed by atoms with Gasteiger partial charge in [-0.1, -0.05) is 65.8 Å². The summed E-state index contributed by atoms with van der Waals surface area (Å²) in [5.41, 5.74) is -2.63. The molecule has 0 radical (unpaired) electrons. The minimum absolute atomic E-state index is 0.0387. The highest BCUT2D eigenvalue weighted by atomic mass is 16.5. The van der Waals surface area contributed by atoms with Crippen LogP contribution in [0.1, 0.15) is 107 Å². The SMILES string of the molecule is C/C=C/C(=O)OC[C@@]12C(CC(C)(C)[C@@H](O)[C@@H]1O)C1C=CCC3[C@@]4(C)CC[C@H](O)[C@](C)(COC(=O)/C(C)=C/C)C4CC[C@@]3(C)[C@]1(C)C[C@H]2O. The van der Waals surface area contributed by atoms with Crippen LogP contribution in [-0.2, 0) is 19.1 Å². The van der Waals surface area contributed by atoms with Gasteiger partial charge in [-0.2, -0.15) is 0 Å². The summed E-state index contributed by atoms with van der Waals surface area (Å²) in [6.45, 7) is 18.5. The Morgan fingerprint density at radius 3 is 2.17 bits per heavy atom. The van der Waals surface area contributed by atoms with Gasteiger partial charge in [0.25, 0.3) is 0 Å². The van der Waals surface area contributed by atoms with Gasteiger partial charge >= 0.3 is 11.9 Å². The van der Waals surface area contributed by atoms with Gasteiger partial charge < -0.3 is 29.9 Å². The van der Waals surface area contributed by atoms with Crippen LogP contribution in [0.4, 0.5) is 0 Å². The first kappa shape index (κ1) is 37.3. The first-order chi connectivity index (χ1) is 22.3. The van der Waals surface area contributed by atoms with Crippen LogP contribution in [-0.4, -0.2) is 70.0 Å². The van der Waals surface area contributed by atoms with Crippen molar-refractivity contribution < 1.29 is 39.5 Å². The monoisotopic (exact) mass is 670 g/mol. The molecule has 270 valence electrons. The molecular formula is C40H62O8. The summed E-state index contributed by atoms with van der Waals surface area (Å²) in [6.07, 6.45) is 10.4. The molecule has 0 bridgehead atoms. The van der Waals surface area contributed by atoms with E-state index in [1.54, 1.807) is 26.0 Å². The summed E-state index contributed by atoms with van der Waals surface area (Å²) in [6, 6.07) is 0. The van der Waals surface area contributed by atoms with Gasteiger partial charge in [0.15, 0.2) is 0 Å². The van der Waals surface area contributed by atoms with Gasteiger partial charge in [0.05, 0.1) is 36.4 Å². The average Bonchev–Trinajstić information content (AvgIpc) is 3.14. The number of hydrogen-bond donors (Lipinski definition) is 4. The van der Waals surface area contributed by atoms with E-state index >= 15 is 0 Å². The molecule has 5 aliphatic carbocycles. The molecule has 48 heavy (non-hydrogen) atoms. The lowest BCUT2D eigenvalue weighted by molar-refractivity contribution is -0.288. The maximum Gasteiger partial charge on any atom is 0.333 e. The van der Waals surface area contributed by atoms with E-state index in [1.807, 2.05) is 20.8 Å². The van der Waals surface area contributed by atoms with E-state index in [1.165, 1.54) is 6.08 Å². The van der Waals surface area contributed by atoms with Crippen molar-refractivity contribution in [2.75, 3.05) is 13.2 Å². The average molecular weight is 671 g/mol. The molecule has 4 fully saturated rings. The summed E-state index contributed by atoms with van der Waals surface area (Å²) in [5.74, 6) is -0.796. The molecule has 0 aromatic rings. The Hall–Kier alpha value is -2.00. The van der Waals surface area contributed by atoms with Gasteiger partial charge in [-0.3, -0.25) is 0 Å². The molecular weight excluding hydrogens is 608 g/mol. The zero-order chi connectivity index (χ0) is 35.7. The number of esters is 2. The second-order valence-corrected chi connectivity index (χ2v) is 17.9. The van der Waals surface area contributed by atoms with Crippen molar-refractivity contribution in [2.45, 2.75) is 132 Å². The number of allylic oxidation sites excluding steroid dienone is 4. The van der Waals surface area contributed by atoms with Crippen LogP contribution in [0.3, 0.4) is 0 Å². The number of aliphatic hydroxyl groups is 4. The van der Waals surface area contributed by atoms with Crippen molar-refractivity contribution in [3.05, 3.63) is 36.0 Å². The van der Waals surface area contributed by atoms with Crippen molar-refractivity contribution >= 4 is 11.9 Å². The second kappa shape index (κ2) is 12.6. The molecule has 8 heteroatoms. The number of carbonyl (C=O) groups excluding carboxylic acids is 2. The Bertz CT molecular complexity index is 1350. The van der Waals surface area contributed by atoms with Gasteiger partial charge in [-0.25, -0.2) is 9.59 Å². The highest BCUT2D eigenvalue weighted by Crippen LogP contribution is 2.75. The summed E-state index contributed by atoms with van der Waals surface area (Å²) in [4.78, 5) is 25.3. The van der Waals surface area contributed by atoms with Crippen LogP contribution in [0.15, 0.2) is 36.0 Å². The molecule has 4 N–H and O–H groups in total. The lowest BCUT2D eigenvalue weighted by Gasteiger charge is -2.71. The summed E-state index contributed by atoms with van der Waals surface area (Å²) >= 11 is 0. The van der Waals surface area contributed by atoms with Crippen LogP contribution in [0.5, 0.6) is 0 Å². The lowest BCUT2D eigenvalue weighted by Crippen LogP contribution is -2.72. The molecule has 0 heterocycles. The largest absolute Gasteiger partial charge is 0.462 e. The van der Waals surface area contributed by atoms with E-state index in [0.29, 0.717) is 24.8 Å². The lowest BCUT2D eigenvalue weighted by atomic mass is 9.34. The smallest absolute Gasteiger partial charge is 0.333 e. The molecule has 5 rings (SSSR count). The fourth-order valence-electron chi connectivity index (χ4n) is 12.1. The van der Waals surface area contributed by atoms with Gasteiger partial charge in [-0.15, -0.1) is 0 Å². The van der Waals surface area contributed by atoms with E-state index in [4.69, 9.17) is 9.47 Å². The Morgan fingerprint density at radius 2 is 1.52 bits per heavy atom. The normalized spacial score (nSPS) is 48.4. The topological polar surface area (TPSA) is 134 Å². The third-order valence-corrected chi connectivity index (χ3v) is 15.4. The molecule has 13 atom stereocenters. The third-order valence-electron chi connectivity index (χ3n) is 15.4. The van der Waals surface area contributed by atoms with Crippen molar-refractivity contribution in [3.8, 4) is 0 Å². The summed E-state index contributed by atoms with van der Waals surface area (Å²) < 4.78 is 11.6. The Morgan fingerprint density at radius 1 is 0.833 bits per heavy atom. The van der Waals surface area contributed by atoms with Gasteiger partial charge in [0, 0.05) is 17.1 Å². The first-order valence-electron chi connectivity index (χ1n) is 18.3. The number of ether oxygens (including phenoxy) is 2. The standard InChI is InChI=1S/C40H62O8/c1-10-13-31(43)47-23-40-26(20-35(4,5)32(44)33(40)45)25-14-12-15-28-36(6)18-17-29(41)37(7,22-48-34(46)24(3)11-2)27(36)16-19-38(28,8)39(25,9)21-30(40)42/h10-14,25-30,32-33,41-42,44-45H,15-23H2,1-9H3/b13-10+,24-11+/t25?,26?,27?,28?,29-,30+,32-,33-,36-,37+,38+,39+,40-/m0/s1. The molecule has 8 nitrogen and oxygen atoms in total. The molecule has 0 aliphatic heterocycles. The molecule has 0 saturated heterocycles. The van der Waals surface area contributed by atoms with Crippen LogP contribution in [0, 0.1) is 56.2 Å². The first-order valence-corrected chi connectivity index (χ1v) is 18.3. The maximum absolute atomic E-state index is 12.7. The van der Waals surface area contributed by atoms with E-state index < -0.39 is 46.6 Å². The summed E-state index contributed by atoms with van der Waals surface area (Å²) in [5, 5.41) is 47.2. The van der Waals surface area contributed by atoms with E-state index in [9.17, 15) is 30.0 Å². The van der Waals surface area contributed by atoms with Gasteiger partial charge in [0.2, 0.25) is 0 Å². The fourth-order valence-corrected chi connectivity index (χ4v) is 12.1. The zero-order valence-corrected chi connectivity index (χ0v) is 30.8. The number of fused-ring (bicyclic) bond motifs is 7. The van der Waals surface area contributed by atoms with Crippen molar-refractivity contribution in [1.82, 2.24) is 0 Å². The molecule has 0 aromatic carbocycles. The summed E-state index contributed by atoms with van der Waals surface area (Å²) in [7, 11) is 0. The second-order valence-electron chi connectivity index (χ2n) is 17.9. The van der Waals surface area contributed by atoms with Crippen molar-refractivity contribution in [1.29, 1.82) is 0 Å². The highest BCUT2D eigenvalue weighted by Gasteiger charge is 2.73. The number of carbonyl (C=O) groups is 2. The molecule has 5 aliphatic rings. The third kappa shape index (κ3) is 5.29. The zero-order valence-electron chi connectivity index (χ0n) is 30.8. The molecule has 0 spiro atoms. The van der Waals surface area contributed by atoms with Crippen LogP contribution in [0.2, 0.25) is 0 Å². The van der Waals surface area contributed by atoms with Crippen LogP contribution >= 0.6 is 0 Å². The number of rotatable bonds is 6. The molecule has 0 amide bonds. The van der Waals surface area contributed by atoms with Gasteiger partial charge in [-0.05, 0) is 111 Å². The van der Waals surface area contributed by atoms with E-state index in [-0.39, 0.29) is 59.1 Å². The maximum atomic E-state index is 12.7. The van der Waals surface area contributed by atoms with Crippen LogP contribution in [0.25, 0.3) is 0 Å². The molecule has 4 saturated carbocycles.